The van der Waals surface area contributed by atoms with Crippen molar-refractivity contribution in [3.8, 4) is 0 Å². The number of aromatic nitrogens is 1. The third-order valence-corrected chi connectivity index (χ3v) is 2.79. The predicted molar refractivity (Wildman–Crippen MR) is 62.3 cm³/mol. The van der Waals surface area contributed by atoms with Gasteiger partial charge < -0.3 is 10.4 Å². The Hall–Kier alpha value is -1.67. The fourth-order valence-corrected chi connectivity index (χ4v) is 1.75. The molecule has 0 aromatic carbocycles. The van der Waals surface area contributed by atoms with Crippen molar-refractivity contribution >= 4 is 21.8 Å². The second-order valence-corrected chi connectivity index (χ2v) is 5.09. The van der Waals surface area contributed by atoms with E-state index >= 15 is 0 Å². The van der Waals surface area contributed by atoms with Crippen molar-refractivity contribution in [3.63, 3.8) is 0 Å². The second-order valence-electron chi connectivity index (χ2n) is 3.35. The van der Waals surface area contributed by atoms with E-state index in [1.165, 1.54) is 18.3 Å². The van der Waals surface area contributed by atoms with Gasteiger partial charge in [0.1, 0.15) is 11.4 Å². The molecule has 1 aromatic heterocycles. The summed E-state index contributed by atoms with van der Waals surface area (Å²) >= 11 is 0. The second kappa shape index (κ2) is 5.60. The maximum absolute atomic E-state index is 10.8. The van der Waals surface area contributed by atoms with Crippen LogP contribution in [0.1, 0.15) is 16.8 Å². The van der Waals surface area contributed by atoms with Gasteiger partial charge in [0, 0.05) is 12.7 Å². The van der Waals surface area contributed by atoms with Gasteiger partial charge in [-0.25, -0.2) is 23.3 Å². The standard InChI is InChI=1S/C9H13N3O4S/c10-17(15,16)6-2-5-12-8-7(9(13)14)3-1-4-11-8/h1,3-4H,2,5-6H2,(H,11,12)(H,13,14)(H2,10,15,16). The van der Waals surface area contributed by atoms with Gasteiger partial charge in [-0.3, -0.25) is 0 Å². The highest BCUT2D eigenvalue weighted by Crippen LogP contribution is 2.10. The number of nitrogens with one attached hydrogen (secondary N) is 1. The van der Waals surface area contributed by atoms with Crippen LogP contribution in [0.15, 0.2) is 18.3 Å². The van der Waals surface area contributed by atoms with Gasteiger partial charge >= 0.3 is 5.97 Å². The summed E-state index contributed by atoms with van der Waals surface area (Å²) in [6, 6.07) is 2.93. The number of aromatic carboxylic acids is 1. The number of nitrogens with two attached hydrogens (primary N) is 1. The molecule has 0 aliphatic heterocycles. The van der Waals surface area contributed by atoms with Crippen molar-refractivity contribution in [2.45, 2.75) is 6.42 Å². The number of rotatable bonds is 6. The first kappa shape index (κ1) is 13.4. The third-order valence-electron chi connectivity index (χ3n) is 1.94. The van der Waals surface area contributed by atoms with Crippen molar-refractivity contribution in [1.29, 1.82) is 0 Å². The van der Waals surface area contributed by atoms with Gasteiger partial charge in [-0.05, 0) is 18.6 Å². The van der Waals surface area contributed by atoms with E-state index in [9.17, 15) is 13.2 Å². The zero-order valence-electron chi connectivity index (χ0n) is 8.96. The van der Waals surface area contributed by atoms with Crippen LogP contribution in [0.25, 0.3) is 0 Å². The minimum atomic E-state index is -3.48. The molecule has 1 rings (SSSR count). The molecule has 0 bridgehead atoms. The first-order valence-corrected chi connectivity index (χ1v) is 6.54. The quantitative estimate of drug-likeness (QED) is 0.612. The summed E-state index contributed by atoms with van der Waals surface area (Å²) in [6.07, 6.45) is 1.74. The summed E-state index contributed by atoms with van der Waals surface area (Å²) in [5.74, 6) is -1.03. The lowest BCUT2D eigenvalue weighted by molar-refractivity contribution is 0.0697. The molecule has 1 heterocycles. The molecule has 4 N–H and O–H groups in total. The van der Waals surface area contributed by atoms with Crippen LogP contribution in [0.2, 0.25) is 0 Å². The molecule has 0 saturated carbocycles. The number of primary sulfonamides is 1. The number of carboxylic acid groups (broad SMARTS) is 1. The average molecular weight is 259 g/mol. The molecule has 7 nitrogen and oxygen atoms in total. The van der Waals surface area contributed by atoms with Crippen molar-refractivity contribution in [2.75, 3.05) is 17.6 Å². The number of carboxylic acids is 1. The molecule has 0 aliphatic carbocycles. The molecule has 0 saturated heterocycles. The molecule has 0 aliphatic rings. The predicted octanol–water partition coefficient (Wildman–Crippen LogP) is -0.130. The Morgan fingerprint density at radius 3 is 2.82 bits per heavy atom. The molecule has 0 radical (unpaired) electrons. The van der Waals surface area contributed by atoms with Crippen molar-refractivity contribution in [1.82, 2.24) is 4.98 Å². The van der Waals surface area contributed by atoms with E-state index < -0.39 is 16.0 Å². The summed E-state index contributed by atoms with van der Waals surface area (Å²) in [7, 11) is -3.48. The molecule has 0 fully saturated rings. The molecule has 0 amide bonds. The lowest BCUT2D eigenvalue weighted by Gasteiger charge is -2.07. The van der Waals surface area contributed by atoms with E-state index in [2.05, 4.69) is 10.3 Å². The lowest BCUT2D eigenvalue weighted by atomic mass is 10.2. The minimum Gasteiger partial charge on any atom is -0.478 e. The van der Waals surface area contributed by atoms with Crippen LogP contribution in [0.5, 0.6) is 0 Å². The van der Waals surface area contributed by atoms with E-state index in [0.29, 0.717) is 0 Å². The van der Waals surface area contributed by atoms with Crippen molar-refractivity contribution < 1.29 is 18.3 Å². The molecule has 0 atom stereocenters. The van der Waals surface area contributed by atoms with Crippen LogP contribution in [-0.4, -0.2) is 36.8 Å². The zero-order valence-corrected chi connectivity index (χ0v) is 9.77. The van der Waals surface area contributed by atoms with Gasteiger partial charge in [0.2, 0.25) is 10.0 Å². The van der Waals surface area contributed by atoms with E-state index in [1.807, 2.05) is 0 Å². The Morgan fingerprint density at radius 1 is 1.53 bits per heavy atom. The Balaban J connectivity index is 2.55. The van der Waals surface area contributed by atoms with E-state index in [1.54, 1.807) is 0 Å². The van der Waals surface area contributed by atoms with Crippen LogP contribution >= 0.6 is 0 Å². The fourth-order valence-electron chi connectivity index (χ4n) is 1.20. The van der Waals surface area contributed by atoms with Crippen LogP contribution in [0, 0.1) is 0 Å². The molecule has 17 heavy (non-hydrogen) atoms. The van der Waals surface area contributed by atoms with E-state index in [-0.39, 0.29) is 30.1 Å². The number of hydrogen-bond donors (Lipinski definition) is 3. The molecule has 0 spiro atoms. The smallest absolute Gasteiger partial charge is 0.339 e. The third kappa shape index (κ3) is 4.79. The molecule has 1 aromatic rings. The Bertz CT molecular complexity index is 501. The number of nitrogens with zero attached hydrogens (tertiary/aromatic N) is 1. The molecule has 94 valence electrons. The SMILES string of the molecule is NS(=O)(=O)CCCNc1ncccc1C(=O)O. The van der Waals surface area contributed by atoms with Crippen LogP contribution in [0.4, 0.5) is 5.82 Å². The zero-order chi connectivity index (χ0) is 12.9. The summed E-state index contributed by atoms with van der Waals surface area (Å²) in [4.78, 5) is 14.7. The number of carbonyl (C=O) groups is 1. The summed E-state index contributed by atoms with van der Waals surface area (Å²) in [6.45, 7) is 0.285. The number of sulfonamides is 1. The first-order valence-electron chi connectivity index (χ1n) is 4.83. The first-order chi connectivity index (χ1) is 7.90. The summed E-state index contributed by atoms with van der Waals surface area (Å²) in [5.41, 5.74) is 0.0445. The number of pyridine rings is 1. The Morgan fingerprint density at radius 2 is 2.24 bits per heavy atom. The normalized spacial score (nSPS) is 11.1. The van der Waals surface area contributed by atoms with E-state index in [0.717, 1.165) is 0 Å². The van der Waals surface area contributed by atoms with Crippen LogP contribution < -0.4 is 10.5 Å². The Labute approximate surface area is 98.7 Å². The summed E-state index contributed by atoms with van der Waals surface area (Å²) < 4.78 is 21.3. The maximum Gasteiger partial charge on any atom is 0.339 e. The molecular formula is C9H13N3O4S. The van der Waals surface area contributed by atoms with Gasteiger partial charge in [-0.1, -0.05) is 0 Å². The van der Waals surface area contributed by atoms with Crippen molar-refractivity contribution in [3.05, 3.63) is 23.9 Å². The highest BCUT2D eigenvalue weighted by Gasteiger charge is 2.10. The molecule has 8 heteroatoms. The van der Waals surface area contributed by atoms with Gasteiger partial charge in [-0.15, -0.1) is 0 Å². The molecular weight excluding hydrogens is 246 g/mol. The largest absolute Gasteiger partial charge is 0.478 e. The highest BCUT2D eigenvalue weighted by atomic mass is 32.2. The van der Waals surface area contributed by atoms with Gasteiger partial charge in [0.05, 0.1) is 5.75 Å². The topological polar surface area (TPSA) is 122 Å². The van der Waals surface area contributed by atoms with E-state index in [4.69, 9.17) is 10.2 Å². The Kier molecular flexibility index (Phi) is 4.41. The average Bonchev–Trinajstić information content (AvgIpc) is 2.23. The number of anilines is 1. The highest BCUT2D eigenvalue weighted by molar-refractivity contribution is 7.89. The summed E-state index contributed by atoms with van der Waals surface area (Å²) in [5, 5.41) is 16.4. The van der Waals surface area contributed by atoms with Crippen LogP contribution in [0.3, 0.4) is 0 Å². The van der Waals surface area contributed by atoms with Gasteiger partial charge in [0.25, 0.3) is 0 Å². The maximum atomic E-state index is 10.8. The van der Waals surface area contributed by atoms with Crippen LogP contribution in [-0.2, 0) is 10.0 Å². The molecule has 0 unspecified atom stereocenters. The monoisotopic (exact) mass is 259 g/mol. The van der Waals surface area contributed by atoms with Crippen molar-refractivity contribution in [2.24, 2.45) is 5.14 Å². The minimum absolute atomic E-state index is 0.0445. The number of hydrogen-bond acceptors (Lipinski definition) is 5. The fraction of sp³-hybridized carbons (Fsp3) is 0.333. The van der Waals surface area contributed by atoms with Gasteiger partial charge in [-0.2, -0.15) is 0 Å². The van der Waals surface area contributed by atoms with Gasteiger partial charge in [0.15, 0.2) is 0 Å². The lowest BCUT2D eigenvalue weighted by Crippen LogP contribution is -2.19.